The van der Waals surface area contributed by atoms with Crippen molar-refractivity contribution < 1.29 is 4.79 Å². The number of rotatable bonds is 5. The molecule has 2 rings (SSSR count). The van der Waals surface area contributed by atoms with Gasteiger partial charge in [0.15, 0.2) is 0 Å². The lowest BCUT2D eigenvalue weighted by Crippen LogP contribution is -2.08. The smallest absolute Gasteiger partial charge is 0.211 e. The minimum Gasteiger partial charge on any atom is -0.287 e. The molecule has 0 amide bonds. The summed E-state index contributed by atoms with van der Waals surface area (Å²) in [6.45, 7) is 6.41. The number of carbonyl (C=O) groups excluding carboxylic acids is 1. The molecule has 0 aliphatic heterocycles. The van der Waals surface area contributed by atoms with E-state index < -0.39 is 0 Å². The van der Waals surface area contributed by atoms with E-state index in [1.165, 1.54) is 5.56 Å². The van der Waals surface area contributed by atoms with Gasteiger partial charge in [0, 0.05) is 12.6 Å². The van der Waals surface area contributed by atoms with E-state index in [0.29, 0.717) is 11.6 Å². The molecule has 0 unspecified atom stereocenters. The third kappa shape index (κ3) is 3.16. The van der Waals surface area contributed by atoms with Crippen molar-refractivity contribution in [3.05, 3.63) is 52.8 Å². The van der Waals surface area contributed by atoms with Crippen LogP contribution in [0.1, 0.15) is 48.1 Å². The van der Waals surface area contributed by atoms with Crippen molar-refractivity contribution >= 4 is 5.78 Å². The SMILES string of the molecule is CCc1cc(C(=O)c2cccc(CC(C)C)c2)n(C)n1. The fraction of sp³-hybridized carbons (Fsp3) is 0.412. The van der Waals surface area contributed by atoms with E-state index >= 15 is 0 Å². The van der Waals surface area contributed by atoms with Crippen LogP contribution in [0.3, 0.4) is 0 Å². The standard InChI is InChI=1S/C17H22N2O/c1-5-15-11-16(19(4)18-15)17(20)14-8-6-7-13(10-14)9-12(2)3/h6-8,10-12H,5,9H2,1-4H3. The molecule has 0 aliphatic carbocycles. The maximum atomic E-state index is 12.6. The lowest BCUT2D eigenvalue weighted by molar-refractivity contribution is 0.103. The molecular weight excluding hydrogens is 248 g/mol. The molecule has 0 atom stereocenters. The molecule has 0 aliphatic rings. The highest BCUT2D eigenvalue weighted by molar-refractivity contribution is 6.08. The second-order valence-electron chi connectivity index (χ2n) is 5.63. The molecule has 0 bridgehead atoms. The Kier molecular flexibility index (Phi) is 4.38. The summed E-state index contributed by atoms with van der Waals surface area (Å²) in [6.07, 6.45) is 1.83. The van der Waals surface area contributed by atoms with Crippen molar-refractivity contribution in [2.45, 2.75) is 33.6 Å². The van der Waals surface area contributed by atoms with Crippen molar-refractivity contribution in [2.75, 3.05) is 0 Å². The second kappa shape index (κ2) is 6.04. The molecule has 1 aromatic carbocycles. The molecule has 3 heteroatoms. The minimum absolute atomic E-state index is 0.0466. The van der Waals surface area contributed by atoms with E-state index in [4.69, 9.17) is 0 Å². The van der Waals surface area contributed by atoms with Gasteiger partial charge in [-0.05, 0) is 36.5 Å². The zero-order chi connectivity index (χ0) is 14.7. The van der Waals surface area contributed by atoms with E-state index in [1.54, 1.807) is 4.68 Å². The fourth-order valence-electron chi connectivity index (χ4n) is 2.37. The van der Waals surface area contributed by atoms with Crippen molar-refractivity contribution in [2.24, 2.45) is 13.0 Å². The van der Waals surface area contributed by atoms with Crippen LogP contribution in [-0.2, 0) is 19.9 Å². The van der Waals surface area contributed by atoms with Crippen LogP contribution in [0.5, 0.6) is 0 Å². The van der Waals surface area contributed by atoms with Gasteiger partial charge in [-0.15, -0.1) is 0 Å². The van der Waals surface area contributed by atoms with Gasteiger partial charge in [0.05, 0.1) is 5.69 Å². The van der Waals surface area contributed by atoms with Gasteiger partial charge in [-0.3, -0.25) is 9.48 Å². The molecule has 3 nitrogen and oxygen atoms in total. The maximum Gasteiger partial charge on any atom is 0.211 e. The van der Waals surface area contributed by atoms with Crippen LogP contribution in [0.25, 0.3) is 0 Å². The number of aryl methyl sites for hydroxylation is 2. The molecule has 0 N–H and O–H groups in total. The first-order chi connectivity index (χ1) is 9.51. The Morgan fingerprint density at radius 1 is 1.30 bits per heavy atom. The average Bonchev–Trinajstić information content (AvgIpc) is 2.79. The first kappa shape index (κ1) is 14.5. The van der Waals surface area contributed by atoms with Crippen LogP contribution >= 0.6 is 0 Å². The van der Waals surface area contributed by atoms with Gasteiger partial charge in [0.1, 0.15) is 5.69 Å². The number of nitrogens with zero attached hydrogens (tertiary/aromatic N) is 2. The number of aromatic nitrogens is 2. The van der Waals surface area contributed by atoms with Gasteiger partial charge < -0.3 is 0 Å². The normalized spacial score (nSPS) is 11.1. The molecule has 0 saturated heterocycles. The zero-order valence-corrected chi connectivity index (χ0v) is 12.7. The summed E-state index contributed by atoms with van der Waals surface area (Å²) in [5, 5.41) is 4.34. The minimum atomic E-state index is 0.0466. The zero-order valence-electron chi connectivity index (χ0n) is 12.7. The third-order valence-electron chi connectivity index (χ3n) is 3.36. The van der Waals surface area contributed by atoms with Gasteiger partial charge in [0.25, 0.3) is 0 Å². The van der Waals surface area contributed by atoms with E-state index in [2.05, 4.69) is 25.0 Å². The molecule has 1 aromatic heterocycles. The van der Waals surface area contributed by atoms with Gasteiger partial charge in [-0.25, -0.2) is 0 Å². The molecule has 0 fully saturated rings. The Morgan fingerprint density at radius 2 is 2.05 bits per heavy atom. The topological polar surface area (TPSA) is 34.9 Å². The van der Waals surface area contributed by atoms with E-state index in [1.807, 2.05) is 38.2 Å². The number of ketones is 1. The number of hydrogen-bond acceptors (Lipinski definition) is 2. The fourth-order valence-corrected chi connectivity index (χ4v) is 2.37. The largest absolute Gasteiger partial charge is 0.287 e. The summed E-state index contributed by atoms with van der Waals surface area (Å²) in [5.74, 6) is 0.633. The number of carbonyl (C=O) groups is 1. The summed E-state index contributed by atoms with van der Waals surface area (Å²) in [6, 6.07) is 9.81. The predicted molar refractivity (Wildman–Crippen MR) is 81.0 cm³/mol. The molecule has 1 heterocycles. The number of hydrogen-bond donors (Lipinski definition) is 0. The van der Waals surface area contributed by atoms with Crippen molar-refractivity contribution in [1.82, 2.24) is 9.78 Å². The summed E-state index contributed by atoms with van der Waals surface area (Å²) in [4.78, 5) is 12.6. The average molecular weight is 270 g/mol. The van der Waals surface area contributed by atoms with Crippen molar-refractivity contribution in [3.63, 3.8) is 0 Å². The summed E-state index contributed by atoms with van der Waals surface area (Å²) in [5.41, 5.74) is 3.57. The maximum absolute atomic E-state index is 12.6. The monoisotopic (exact) mass is 270 g/mol. The summed E-state index contributed by atoms with van der Waals surface area (Å²) in [7, 11) is 1.82. The van der Waals surface area contributed by atoms with Gasteiger partial charge in [-0.1, -0.05) is 39.0 Å². The Morgan fingerprint density at radius 3 is 2.65 bits per heavy atom. The Hall–Kier alpha value is -1.90. The van der Waals surface area contributed by atoms with Crippen molar-refractivity contribution in [1.29, 1.82) is 0 Å². The van der Waals surface area contributed by atoms with E-state index in [9.17, 15) is 4.79 Å². The van der Waals surface area contributed by atoms with E-state index in [-0.39, 0.29) is 5.78 Å². The summed E-state index contributed by atoms with van der Waals surface area (Å²) < 4.78 is 1.68. The summed E-state index contributed by atoms with van der Waals surface area (Å²) >= 11 is 0. The van der Waals surface area contributed by atoms with Gasteiger partial charge in [0.2, 0.25) is 5.78 Å². The van der Waals surface area contributed by atoms with Crippen LogP contribution in [-0.4, -0.2) is 15.6 Å². The lowest BCUT2D eigenvalue weighted by atomic mass is 9.99. The number of benzene rings is 1. The van der Waals surface area contributed by atoms with Crippen molar-refractivity contribution in [3.8, 4) is 0 Å². The molecule has 20 heavy (non-hydrogen) atoms. The van der Waals surface area contributed by atoms with Crippen LogP contribution in [0.2, 0.25) is 0 Å². The lowest BCUT2D eigenvalue weighted by Gasteiger charge is -2.07. The highest BCUT2D eigenvalue weighted by Crippen LogP contribution is 2.15. The molecule has 106 valence electrons. The first-order valence-electron chi connectivity index (χ1n) is 7.17. The highest BCUT2D eigenvalue weighted by atomic mass is 16.1. The predicted octanol–water partition coefficient (Wildman–Crippen LogP) is 3.41. The van der Waals surface area contributed by atoms with Crippen LogP contribution < -0.4 is 0 Å². The first-order valence-corrected chi connectivity index (χ1v) is 7.17. The Bertz CT molecular complexity index is 611. The molecule has 0 radical (unpaired) electrons. The third-order valence-corrected chi connectivity index (χ3v) is 3.36. The van der Waals surface area contributed by atoms with Gasteiger partial charge >= 0.3 is 0 Å². The Balaban J connectivity index is 2.30. The Labute approximate surface area is 120 Å². The van der Waals surface area contributed by atoms with E-state index in [0.717, 1.165) is 24.1 Å². The molecule has 2 aromatic rings. The van der Waals surface area contributed by atoms with Crippen LogP contribution in [0, 0.1) is 5.92 Å². The molecule has 0 saturated carbocycles. The van der Waals surface area contributed by atoms with Crippen LogP contribution in [0.4, 0.5) is 0 Å². The second-order valence-corrected chi connectivity index (χ2v) is 5.63. The molecular formula is C17H22N2O. The molecule has 0 spiro atoms. The van der Waals surface area contributed by atoms with Gasteiger partial charge in [-0.2, -0.15) is 5.10 Å². The van der Waals surface area contributed by atoms with Crippen LogP contribution in [0.15, 0.2) is 30.3 Å². The highest BCUT2D eigenvalue weighted by Gasteiger charge is 2.15. The quantitative estimate of drug-likeness (QED) is 0.780.